The zero-order chi connectivity index (χ0) is 19.2. The Bertz CT molecular complexity index is 813. The molecule has 1 aromatic carbocycles. The van der Waals surface area contributed by atoms with Gasteiger partial charge >= 0.3 is 0 Å². The van der Waals surface area contributed by atoms with Gasteiger partial charge in [0, 0.05) is 35.9 Å². The van der Waals surface area contributed by atoms with E-state index in [1.165, 1.54) is 18.2 Å². The van der Waals surface area contributed by atoms with Crippen LogP contribution in [0.1, 0.15) is 30.1 Å². The van der Waals surface area contributed by atoms with Crippen LogP contribution in [0.5, 0.6) is 0 Å². The summed E-state index contributed by atoms with van der Waals surface area (Å²) in [4.78, 5) is 31.3. The van der Waals surface area contributed by atoms with E-state index in [-0.39, 0.29) is 11.7 Å². The van der Waals surface area contributed by atoms with Gasteiger partial charge in [-0.2, -0.15) is 0 Å². The molecular weight excluding hydrogens is 360 g/mol. The summed E-state index contributed by atoms with van der Waals surface area (Å²) < 4.78 is 0. The molecule has 1 aliphatic rings. The molecule has 1 saturated heterocycles. The van der Waals surface area contributed by atoms with Crippen LogP contribution in [0.25, 0.3) is 0 Å². The third-order valence-corrected chi connectivity index (χ3v) is 5.58. The molecule has 0 radical (unpaired) electrons. The fourth-order valence-corrected chi connectivity index (χ4v) is 3.93. The zero-order valence-electron chi connectivity index (χ0n) is 15.4. The van der Waals surface area contributed by atoms with Gasteiger partial charge < -0.3 is 16.0 Å². The standard InChI is InChI=1S/C20H24N4O2S/c1-14-3-2-10-24(12-14)18-5-4-15(20(21)26)11-17(18)23-19(25)13-27-16-6-8-22-9-7-16/h4-9,11,14H,2-3,10,12-13H2,1H3,(H2,21,26)(H,23,25)/t14-/m0/s1. The van der Waals surface area contributed by atoms with E-state index in [4.69, 9.17) is 5.73 Å². The van der Waals surface area contributed by atoms with Crippen LogP contribution < -0.4 is 16.0 Å². The lowest BCUT2D eigenvalue weighted by Crippen LogP contribution is -2.35. The van der Waals surface area contributed by atoms with E-state index < -0.39 is 5.91 Å². The van der Waals surface area contributed by atoms with Gasteiger partial charge in [0.15, 0.2) is 0 Å². The Kier molecular flexibility index (Phi) is 6.34. The number of piperidine rings is 1. The normalized spacial score (nSPS) is 16.8. The summed E-state index contributed by atoms with van der Waals surface area (Å²) in [7, 11) is 0. The number of carbonyl (C=O) groups excluding carboxylic acids is 2. The quantitative estimate of drug-likeness (QED) is 0.747. The fraction of sp³-hybridized carbons (Fsp3) is 0.350. The van der Waals surface area contributed by atoms with E-state index in [1.807, 2.05) is 18.2 Å². The SMILES string of the molecule is C[C@H]1CCCN(c2ccc(C(N)=O)cc2NC(=O)CSc2ccncc2)C1. The molecule has 0 unspecified atom stereocenters. The van der Waals surface area contributed by atoms with E-state index in [1.54, 1.807) is 24.5 Å². The number of primary amides is 1. The topological polar surface area (TPSA) is 88.3 Å². The minimum absolute atomic E-state index is 0.121. The lowest BCUT2D eigenvalue weighted by atomic mass is 9.99. The number of benzene rings is 1. The second-order valence-electron chi connectivity index (χ2n) is 6.81. The molecule has 6 nitrogen and oxygen atoms in total. The molecule has 3 rings (SSSR count). The molecule has 0 bridgehead atoms. The number of thioether (sulfide) groups is 1. The highest BCUT2D eigenvalue weighted by Gasteiger charge is 2.20. The van der Waals surface area contributed by atoms with Gasteiger partial charge in [-0.1, -0.05) is 6.92 Å². The molecule has 7 heteroatoms. The van der Waals surface area contributed by atoms with Crippen LogP contribution in [0.4, 0.5) is 11.4 Å². The number of rotatable bonds is 6. The summed E-state index contributed by atoms with van der Waals surface area (Å²) in [5.74, 6) is 0.251. The van der Waals surface area contributed by atoms with Crippen LogP contribution in [0.3, 0.4) is 0 Å². The Balaban J connectivity index is 1.75. The van der Waals surface area contributed by atoms with Crippen molar-refractivity contribution in [3.8, 4) is 0 Å². The van der Waals surface area contributed by atoms with Gasteiger partial charge in [-0.3, -0.25) is 14.6 Å². The van der Waals surface area contributed by atoms with E-state index in [0.29, 0.717) is 17.2 Å². The zero-order valence-corrected chi connectivity index (χ0v) is 16.2. The fourth-order valence-electron chi connectivity index (χ4n) is 3.24. The first-order valence-electron chi connectivity index (χ1n) is 9.04. The second kappa shape index (κ2) is 8.90. The van der Waals surface area contributed by atoms with Crippen LogP contribution in [0.15, 0.2) is 47.6 Å². The number of anilines is 2. The summed E-state index contributed by atoms with van der Waals surface area (Å²) in [5, 5.41) is 2.96. The van der Waals surface area contributed by atoms with Gasteiger partial charge in [-0.05, 0) is 49.1 Å². The number of aromatic nitrogens is 1. The summed E-state index contributed by atoms with van der Waals surface area (Å²) in [6.07, 6.45) is 5.72. The van der Waals surface area contributed by atoms with Gasteiger partial charge in [0.25, 0.3) is 0 Å². The van der Waals surface area contributed by atoms with E-state index >= 15 is 0 Å². The molecule has 1 aromatic heterocycles. The van der Waals surface area contributed by atoms with Crippen LogP contribution >= 0.6 is 11.8 Å². The van der Waals surface area contributed by atoms with Crippen LogP contribution in [0.2, 0.25) is 0 Å². The second-order valence-corrected chi connectivity index (χ2v) is 7.86. The van der Waals surface area contributed by atoms with Crippen LogP contribution in [-0.2, 0) is 4.79 Å². The predicted octanol–water partition coefficient (Wildman–Crippen LogP) is 3.15. The number of nitrogens with one attached hydrogen (secondary N) is 1. The average Bonchev–Trinajstić information content (AvgIpc) is 2.67. The molecule has 2 aromatic rings. The van der Waals surface area contributed by atoms with Crippen molar-refractivity contribution in [1.29, 1.82) is 0 Å². The van der Waals surface area contributed by atoms with Gasteiger partial charge in [-0.25, -0.2) is 0 Å². The van der Waals surface area contributed by atoms with E-state index in [9.17, 15) is 9.59 Å². The first-order chi connectivity index (χ1) is 13.0. The first kappa shape index (κ1) is 19.2. The van der Waals surface area contributed by atoms with Gasteiger partial charge in [0.2, 0.25) is 11.8 Å². The minimum Gasteiger partial charge on any atom is -0.370 e. The Morgan fingerprint density at radius 3 is 2.78 bits per heavy atom. The molecule has 0 saturated carbocycles. The Hall–Kier alpha value is -2.54. The maximum absolute atomic E-state index is 12.5. The number of hydrogen-bond donors (Lipinski definition) is 2. The Labute approximate surface area is 163 Å². The summed E-state index contributed by atoms with van der Waals surface area (Å²) in [5.41, 5.74) is 7.39. The number of pyridine rings is 1. The Morgan fingerprint density at radius 2 is 2.07 bits per heavy atom. The molecule has 0 spiro atoms. The van der Waals surface area contributed by atoms with Crippen molar-refractivity contribution in [1.82, 2.24) is 4.98 Å². The van der Waals surface area contributed by atoms with Gasteiger partial charge in [-0.15, -0.1) is 11.8 Å². The van der Waals surface area contributed by atoms with Crippen molar-refractivity contribution in [2.45, 2.75) is 24.7 Å². The smallest absolute Gasteiger partial charge is 0.248 e. The molecule has 1 atom stereocenters. The monoisotopic (exact) mass is 384 g/mol. The molecule has 2 heterocycles. The van der Waals surface area contributed by atoms with Gasteiger partial charge in [0.1, 0.15) is 0 Å². The number of nitrogens with zero attached hydrogens (tertiary/aromatic N) is 2. The van der Waals surface area contributed by atoms with E-state index in [0.717, 1.165) is 30.1 Å². The molecule has 27 heavy (non-hydrogen) atoms. The van der Waals surface area contributed by atoms with Crippen molar-refractivity contribution < 1.29 is 9.59 Å². The average molecular weight is 385 g/mol. The molecule has 1 fully saturated rings. The van der Waals surface area contributed by atoms with E-state index in [2.05, 4.69) is 22.1 Å². The first-order valence-corrected chi connectivity index (χ1v) is 10.0. The Morgan fingerprint density at radius 1 is 1.30 bits per heavy atom. The van der Waals surface area contributed by atoms with Crippen molar-refractivity contribution in [2.24, 2.45) is 11.7 Å². The molecule has 2 amide bonds. The largest absolute Gasteiger partial charge is 0.370 e. The predicted molar refractivity (Wildman–Crippen MR) is 109 cm³/mol. The molecule has 142 valence electrons. The lowest BCUT2D eigenvalue weighted by Gasteiger charge is -2.34. The number of carbonyl (C=O) groups is 2. The van der Waals surface area contributed by atoms with Gasteiger partial charge in [0.05, 0.1) is 17.1 Å². The molecular formula is C20H24N4O2S. The maximum atomic E-state index is 12.5. The highest BCUT2D eigenvalue weighted by molar-refractivity contribution is 8.00. The van der Waals surface area contributed by atoms with Crippen LogP contribution in [-0.4, -0.2) is 35.6 Å². The number of hydrogen-bond acceptors (Lipinski definition) is 5. The third-order valence-electron chi connectivity index (χ3n) is 4.57. The summed E-state index contributed by atoms with van der Waals surface area (Å²) >= 11 is 1.44. The number of amides is 2. The highest BCUT2D eigenvalue weighted by Crippen LogP contribution is 2.31. The third kappa shape index (κ3) is 5.23. The van der Waals surface area contributed by atoms with Crippen molar-refractivity contribution >= 4 is 35.0 Å². The molecule has 1 aliphatic heterocycles. The van der Waals surface area contributed by atoms with Crippen molar-refractivity contribution in [3.63, 3.8) is 0 Å². The minimum atomic E-state index is -0.504. The van der Waals surface area contributed by atoms with Crippen molar-refractivity contribution in [3.05, 3.63) is 48.3 Å². The molecule has 3 N–H and O–H groups in total. The lowest BCUT2D eigenvalue weighted by molar-refractivity contribution is -0.113. The highest BCUT2D eigenvalue weighted by atomic mass is 32.2. The summed E-state index contributed by atoms with van der Waals surface area (Å²) in [6.45, 7) is 4.10. The van der Waals surface area contributed by atoms with Crippen LogP contribution in [0, 0.1) is 5.92 Å². The van der Waals surface area contributed by atoms with Crippen molar-refractivity contribution in [2.75, 3.05) is 29.1 Å². The number of nitrogens with two attached hydrogens (primary N) is 1. The summed E-state index contributed by atoms with van der Waals surface area (Å²) in [6, 6.07) is 9.01. The molecule has 0 aliphatic carbocycles. The maximum Gasteiger partial charge on any atom is 0.248 e.